The van der Waals surface area contributed by atoms with Gasteiger partial charge in [-0.25, -0.2) is 4.39 Å². The molecule has 1 atom stereocenters. The zero-order chi connectivity index (χ0) is 17.0. The van der Waals surface area contributed by atoms with Gasteiger partial charge < -0.3 is 10.2 Å². The Balaban J connectivity index is 2.31. The molecule has 0 amide bonds. The lowest BCUT2D eigenvalue weighted by Gasteiger charge is -2.25. The molecule has 0 saturated heterocycles. The number of aliphatic hydroxyl groups is 1. The van der Waals surface area contributed by atoms with Gasteiger partial charge >= 0.3 is 5.97 Å². The second kappa shape index (κ2) is 7.55. The minimum Gasteiger partial charge on any atom is -0.480 e. The first-order chi connectivity index (χ1) is 10.9. The Bertz CT molecular complexity index is 708. The molecule has 0 aromatic heterocycles. The number of carboxylic acids is 1. The summed E-state index contributed by atoms with van der Waals surface area (Å²) in [5, 5.41) is 19.3. The van der Waals surface area contributed by atoms with Crippen LogP contribution in [0.2, 0.25) is 5.02 Å². The maximum absolute atomic E-state index is 13.5. The normalized spacial score (nSPS) is 12.4. The van der Waals surface area contributed by atoms with Crippen LogP contribution < -0.4 is 0 Å². The molecule has 2 aromatic rings. The standard InChI is InChI=1S/C17H17ClFNO3/c1-20(9-12-4-2-3-5-14(12)18)16(17(22)23)11-6-7-15(19)13(8-11)10-21/h2-8,16,21H,9-10H2,1H3,(H,22,23)/t16-/m1/s1. The number of rotatable bonds is 6. The van der Waals surface area contributed by atoms with Gasteiger partial charge in [-0.3, -0.25) is 9.69 Å². The van der Waals surface area contributed by atoms with Crippen LogP contribution in [0.3, 0.4) is 0 Å². The first-order valence-electron chi connectivity index (χ1n) is 6.99. The van der Waals surface area contributed by atoms with Crippen LogP contribution in [0.25, 0.3) is 0 Å². The zero-order valence-corrected chi connectivity index (χ0v) is 13.3. The summed E-state index contributed by atoms with van der Waals surface area (Å²) in [6, 6.07) is 10.2. The highest BCUT2D eigenvalue weighted by Crippen LogP contribution is 2.26. The fourth-order valence-electron chi connectivity index (χ4n) is 2.46. The molecule has 2 aromatic carbocycles. The summed E-state index contributed by atoms with van der Waals surface area (Å²) in [6.45, 7) is -0.164. The molecule has 4 nitrogen and oxygen atoms in total. The highest BCUT2D eigenvalue weighted by molar-refractivity contribution is 6.31. The summed E-state index contributed by atoms with van der Waals surface area (Å²) in [7, 11) is 1.66. The van der Waals surface area contributed by atoms with Gasteiger partial charge in [0, 0.05) is 17.1 Å². The third-order valence-corrected chi connectivity index (χ3v) is 3.98. The van der Waals surface area contributed by atoms with Crippen molar-refractivity contribution in [2.24, 2.45) is 0 Å². The van der Waals surface area contributed by atoms with E-state index in [1.165, 1.54) is 18.2 Å². The molecule has 0 fully saturated rings. The van der Waals surface area contributed by atoms with E-state index in [1.54, 1.807) is 24.1 Å². The van der Waals surface area contributed by atoms with Crippen LogP contribution >= 0.6 is 11.6 Å². The molecule has 6 heteroatoms. The molecule has 0 unspecified atom stereocenters. The third kappa shape index (κ3) is 4.07. The van der Waals surface area contributed by atoms with Gasteiger partial charge in [-0.1, -0.05) is 35.9 Å². The Kier molecular flexibility index (Phi) is 5.71. The van der Waals surface area contributed by atoms with Crippen LogP contribution in [0.4, 0.5) is 4.39 Å². The predicted octanol–water partition coefficient (Wildman–Crippen LogP) is 3.23. The van der Waals surface area contributed by atoms with Crippen LogP contribution in [0.5, 0.6) is 0 Å². The lowest BCUT2D eigenvalue weighted by molar-refractivity contribution is -0.143. The average Bonchev–Trinajstić information content (AvgIpc) is 2.51. The molecular weight excluding hydrogens is 321 g/mol. The van der Waals surface area contributed by atoms with Crippen molar-refractivity contribution < 1.29 is 19.4 Å². The van der Waals surface area contributed by atoms with Crippen molar-refractivity contribution in [3.8, 4) is 0 Å². The number of hydrogen-bond acceptors (Lipinski definition) is 3. The quantitative estimate of drug-likeness (QED) is 0.849. The number of aliphatic hydroxyl groups excluding tert-OH is 1. The summed E-state index contributed by atoms with van der Waals surface area (Å²) in [4.78, 5) is 13.3. The van der Waals surface area contributed by atoms with E-state index in [2.05, 4.69) is 0 Å². The molecule has 0 heterocycles. The van der Waals surface area contributed by atoms with Gasteiger partial charge in [0.15, 0.2) is 0 Å². The molecule has 0 aliphatic heterocycles. The minimum atomic E-state index is -1.06. The molecule has 0 spiro atoms. The van der Waals surface area contributed by atoms with Crippen molar-refractivity contribution in [2.45, 2.75) is 19.2 Å². The number of benzene rings is 2. The molecule has 122 valence electrons. The number of halogens is 2. The van der Waals surface area contributed by atoms with E-state index in [0.29, 0.717) is 17.1 Å². The SMILES string of the molecule is CN(Cc1ccccc1Cl)[C@@H](C(=O)O)c1ccc(F)c(CO)c1. The van der Waals surface area contributed by atoms with Gasteiger partial charge in [-0.2, -0.15) is 0 Å². The molecule has 2 N–H and O–H groups in total. The molecule has 0 aliphatic carbocycles. The van der Waals surface area contributed by atoms with E-state index in [-0.39, 0.29) is 5.56 Å². The van der Waals surface area contributed by atoms with Gasteiger partial charge in [-0.05, 0) is 36.4 Å². The minimum absolute atomic E-state index is 0.0693. The second-order valence-electron chi connectivity index (χ2n) is 5.26. The van der Waals surface area contributed by atoms with Crippen molar-refractivity contribution in [1.29, 1.82) is 0 Å². The summed E-state index contributed by atoms with van der Waals surface area (Å²) in [6.07, 6.45) is 0. The van der Waals surface area contributed by atoms with Crippen LogP contribution in [-0.4, -0.2) is 28.1 Å². The third-order valence-electron chi connectivity index (χ3n) is 3.61. The highest BCUT2D eigenvalue weighted by Gasteiger charge is 2.26. The largest absolute Gasteiger partial charge is 0.480 e. The number of likely N-dealkylation sites (N-methyl/N-ethyl adjacent to an activating group) is 1. The number of carbonyl (C=O) groups is 1. The molecule has 0 bridgehead atoms. The van der Waals surface area contributed by atoms with Crippen LogP contribution in [0.15, 0.2) is 42.5 Å². The van der Waals surface area contributed by atoms with Crippen LogP contribution in [0.1, 0.15) is 22.7 Å². The van der Waals surface area contributed by atoms with Gasteiger partial charge in [-0.15, -0.1) is 0 Å². The maximum Gasteiger partial charge on any atom is 0.325 e. The summed E-state index contributed by atoms with van der Waals surface area (Å²) >= 11 is 6.11. The molecule has 23 heavy (non-hydrogen) atoms. The van der Waals surface area contributed by atoms with Crippen molar-refractivity contribution in [2.75, 3.05) is 7.05 Å². The smallest absolute Gasteiger partial charge is 0.325 e. The average molecular weight is 338 g/mol. The fraction of sp³-hybridized carbons (Fsp3) is 0.235. The Morgan fingerprint density at radius 1 is 1.26 bits per heavy atom. The maximum atomic E-state index is 13.5. The van der Waals surface area contributed by atoms with E-state index in [9.17, 15) is 14.3 Å². The first-order valence-corrected chi connectivity index (χ1v) is 7.37. The van der Waals surface area contributed by atoms with Crippen molar-refractivity contribution in [1.82, 2.24) is 4.90 Å². The Morgan fingerprint density at radius 3 is 2.57 bits per heavy atom. The monoisotopic (exact) mass is 337 g/mol. The first kappa shape index (κ1) is 17.4. The Hall–Kier alpha value is -1.95. The lowest BCUT2D eigenvalue weighted by Crippen LogP contribution is -2.30. The van der Waals surface area contributed by atoms with Crippen LogP contribution in [-0.2, 0) is 17.9 Å². The van der Waals surface area contributed by atoms with Crippen molar-refractivity contribution >= 4 is 17.6 Å². The van der Waals surface area contributed by atoms with Crippen LogP contribution in [0, 0.1) is 5.82 Å². The van der Waals surface area contributed by atoms with Gasteiger partial charge in [0.2, 0.25) is 0 Å². The Labute approximate surface area is 138 Å². The lowest BCUT2D eigenvalue weighted by atomic mass is 10.0. The topological polar surface area (TPSA) is 60.8 Å². The predicted molar refractivity (Wildman–Crippen MR) is 85.6 cm³/mol. The van der Waals surface area contributed by atoms with Crippen molar-refractivity contribution in [3.63, 3.8) is 0 Å². The molecule has 0 aliphatic rings. The van der Waals surface area contributed by atoms with Gasteiger partial charge in [0.05, 0.1) is 6.61 Å². The van der Waals surface area contributed by atoms with Gasteiger partial charge in [0.25, 0.3) is 0 Å². The molecular formula is C17H17ClFNO3. The van der Waals surface area contributed by atoms with E-state index in [1.807, 2.05) is 12.1 Å². The van der Waals surface area contributed by atoms with Gasteiger partial charge in [0.1, 0.15) is 11.9 Å². The zero-order valence-electron chi connectivity index (χ0n) is 12.5. The number of nitrogens with zero attached hydrogens (tertiary/aromatic N) is 1. The molecule has 0 radical (unpaired) electrons. The summed E-state index contributed by atoms with van der Waals surface area (Å²) < 4.78 is 13.5. The molecule has 0 saturated carbocycles. The van der Waals surface area contributed by atoms with E-state index < -0.39 is 24.4 Å². The fourth-order valence-corrected chi connectivity index (χ4v) is 2.65. The summed E-state index contributed by atoms with van der Waals surface area (Å²) in [5.41, 5.74) is 1.27. The summed E-state index contributed by atoms with van der Waals surface area (Å²) in [5.74, 6) is -1.62. The molecule has 2 rings (SSSR count). The highest BCUT2D eigenvalue weighted by atomic mass is 35.5. The van der Waals surface area contributed by atoms with Crippen molar-refractivity contribution in [3.05, 3.63) is 70.0 Å². The van der Waals surface area contributed by atoms with E-state index in [0.717, 1.165) is 5.56 Å². The second-order valence-corrected chi connectivity index (χ2v) is 5.66. The number of carboxylic acid groups (broad SMARTS) is 1. The number of aliphatic carboxylic acids is 1. The van der Waals surface area contributed by atoms with E-state index >= 15 is 0 Å². The number of hydrogen-bond donors (Lipinski definition) is 2. The van der Waals surface area contributed by atoms with E-state index in [4.69, 9.17) is 16.7 Å². The Morgan fingerprint density at radius 2 is 1.96 bits per heavy atom.